The van der Waals surface area contributed by atoms with Gasteiger partial charge in [0, 0.05) is 0 Å². The van der Waals surface area contributed by atoms with E-state index in [4.69, 9.17) is 4.74 Å². The minimum Gasteiger partial charge on any atom is -0.481 e. The summed E-state index contributed by atoms with van der Waals surface area (Å²) in [4.78, 5) is 23.6. The minimum atomic E-state index is -0.913. The van der Waals surface area contributed by atoms with E-state index in [9.17, 15) is 18.4 Å². The molecule has 2 aromatic carbocycles. The van der Waals surface area contributed by atoms with E-state index in [1.807, 2.05) is 0 Å². The van der Waals surface area contributed by atoms with Crippen molar-refractivity contribution in [3.05, 3.63) is 65.7 Å². The van der Waals surface area contributed by atoms with Gasteiger partial charge in [-0.25, -0.2) is 8.78 Å². The smallest absolute Gasteiger partial charge is 0.279 e. The molecule has 0 aliphatic carbocycles. The highest BCUT2D eigenvalue weighted by Crippen LogP contribution is 2.13. The predicted octanol–water partition coefficient (Wildman–Crippen LogP) is 2.12. The van der Waals surface area contributed by atoms with Crippen LogP contribution in [-0.2, 0) is 16.0 Å². The summed E-state index contributed by atoms with van der Waals surface area (Å²) in [5.74, 6) is -1.76. The third-order valence-corrected chi connectivity index (χ3v) is 3.13. The number of rotatable bonds is 5. The lowest BCUT2D eigenvalue weighted by Crippen LogP contribution is -2.47. The van der Waals surface area contributed by atoms with E-state index in [-0.39, 0.29) is 12.0 Å². The molecule has 2 amide bonds. The van der Waals surface area contributed by atoms with E-state index in [0.29, 0.717) is 5.75 Å². The molecule has 0 aliphatic heterocycles. The summed E-state index contributed by atoms with van der Waals surface area (Å²) in [5, 5.41) is 0. The van der Waals surface area contributed by atoms with Crippen LogP contribution in [0.1, 0.15) is 12.5 Å². The molecule has 2 aromatic rings. The van der Waals surface area contributed by atoms with Crippen LogP contribution in [0, 0.1) is 11.6 Å². The predicted molar refractivity (Wildman–Crippen MR) is 82.9 cm³/mol. The monoisotopic (exact) mass is 334 g/mol. The van der Waals surface area contributed by atoms with Gasteiger partial charge in [0.15, 0.2) is 6.10 Å². The van der Waals surface area contributed by atoms with Crippen LogP contribution in [0.4, 0.5) is 8.78 Å². The Bertz CT molecular complexity index is 720. The lowest BCUT2D eigenvalue weighted by molar-refractivity contribution is -0.132. The van der Waals surface area contributed by atoms with Crippen LogP contribution >= 0.6 is 0 Å². The van der Waals surface area contributed by atoms with Gasteiger partial charge in [-0.15, -0.1) is 0 Å². The second-order valence-electron chi connectivity index (χ2n) is 5.02. The van der Waals surface area contributed by atoms with Crippen molar-refractivity contribution < 1.29 is 23.1 Å². The molecule has 0 aliphatic rings. The summed E-state index contributed by atoms with van der Waals surface area (Å²) in [6.07, 6.45) is -1.12. The van der Waals surface area contributed by atoms with Crippen molar-refractivity contribution >= 4 is 11.8 Å². The second kappa shape index (κ2) is 8.05. The van der Waals surface area contributed by atoms with Crippen molar-refractivity contribution in [3.8, 4) is 5.75 Å². The summed E-state index contributed by atoms with van der Waals surface area (Å²) in [5.41, 5.74) is 4.60. The largest absolute Gasteiger partial charge is 0.481 e. The van der Waals surface area contributed by atoms with E-state index >= 15 is 0 Å². The Morgan fingerprint density at radius 3 is 2.38 bits per heavy atom. The number of halogens is 2. The number of hydrogen-bond acceptors (Lipinski definition) is 3. The van der Waals surface area contributed by atoms with Crippen molar-refractivity contribution in [1.29, 1.82) is 0 Å². The second-order valence-corrected chi connectivity index (χ2v) is 5.02. The summed E-state index contributed by atoms with van der Waals surface area (Å²) in [7, 11) is 0. The first-order valence-electron chi connectivity index (χ1n) is 7.20. The Hall–Kier alpha value is -2.96. The molecule has 24 heavy (non-hydrogen) atoms. The van der Waals surface area contributed by atoms with E-state index < -0.39 is 29.6 Å². The minimum absolute atomic E-state index is 0.208. The first kappa shape index (κ1) is 17.4. The van der Waals surface area contributed by atoms with Crippen molar-refractivity contribution in [2.45, 2.75) is 19.4 Å². The summed E-state index contributed by atoms with van der Waals surface area (Å²) in [6.45, 7) is 1.47. The molecule has 0 saturated heterocycles. The number of carbonyl (C=O) groups excluding carboxylic acids is 2. The van der Waals surface area contributed by atoms with Gasteiger partial charge in [-0.05, 0) is 42.8 Å². The quantitative estimate of drug-likeness (QED) is 0.823. The average molecular weight is 334 g/mol. The van der Waals surface area contributed by atoms with Crippen molar-refractivity contribution in [3.63, 3.8) is 0 Å². The summed E-state index contributed by atoms with van der Waals surface area (Å²) < 4.78 is 31.5. The summed E-state index contributed by atoms with van der Waals surface area (Å²) in [6, 6.07) is 11.0. The molecule has 0 radical (unpaired) electrons. The van der Waals surface area contributed by atoms with Gasteiger partial charge in [-0.1, -0.05) is 18.2 Å². The molecule has 7 heteroatoms. The molecule has 5 nitrogen and oxygen atoms in total. The third-order valence-electron chi connectivity index (χ3n) is 3.13. The van der Waals surface area contributed by atoms with Gasteiger partial charge >= 0.3 is 0 Å². The molecule has 0 aromatic heterocycles. The highest BCUT2D eigenvalue weighted by molar-refractivity contribution is 5.85. The normalized spacial score (nSPS) is 11.5. The molecule has 1 unspecified atom stereocenters. The fraction of sp³-hybridized carbons (Fsp3) is 0.176. The van der Waals surface area contributed by atoms with Crippen LogP contribution < -0.4 is 15.6 Å². The molecule has 1 atom stereocenters. The number of ether oxygens (including phenoxy) is 1. The van der Waals surface area contributed by atoms with E-state index in [1.165, 1.54) is 49.4 Å². The molecule has 0 saturated carbocycles. The third kappa shape index (κ3) is 5.05. The highest BCUT2D eigenvalue weighted by Gasteiger charge is 2.16. The first-order valence-corrected chi connectivity index (χ1v) is 7.20. The van der Waals surface area contributed by atoms with Crippen molar-refractivity contribution in [1.82, 2.24) is 10.9 Å². The first-order chi connectivity index (χ1) is 11.5. The zero-order valence-electron chi connectivity index (χ0n) is 12.9. The van der Waals surface area contributed by atoms with Gasteiger partial charge in [-0.3, -0.25) is 20.4 Å². The summed E-state index contributed by atoms with van der Waals surface area (Å²) >= 11 is 0. The van der Waals surface area contributed by atoms with E-state index in [2.05, 4.69) is 10.9 Å². The van der Waals surface area contributed by atoms with Crippen molar-refractivity contribution in [2.75, 3.05) is 0 Å². The average Bonchev–Trinajstić information content (AvgIpc) is 2.57. The molecular weight excluding hydrogens is 318 g/mol. The maximum absolute atomic E-state index is 13.4. The number of carbonyl (C=O) groups is 2. The molecule has 0 bridgehead atoms. The van der Waals surface area contributed by atoms with E-state index in [1.54, 1.807) is 6.07 Å². The molecule has 2 rings (SSSR count). The molecular formula is C17H16F2N2O3. The zero-order chi connectivity index (χ0) is 17.5. The number of amides is 2. The van der Waals surface area contributed by atoms with Crippen molar-refractivity contribution in [2.24, 2.45) is 0 Å². The van der Waals surface area contributed by atoms with Gasteiger partial charge in [0.25, 0.3) is 5.91 Å². The molecule has 2 N–H and O–H groups in total. The topological polar surface area (TPSA) is 67.4 Å². The van der Waals surface area contributed by atoms with Gasteiger partial charge < -0.3 is 4.74 Å². The zero-order valence-corrected chi connectivity index (χ0v) is 12.9. The molecule has 0 spiro atoms. The van der Waals surface area contributed by atoms with Crippen LogP contribution in [-0.4, -0.2) is 17.9 Å². The maximum atomic E-state index is 13.4. The van der Waals surface area contributed by atoms with Crippen LogP contribution in [0.3, 0.4) is 0 Å². The van der Waals surface area contributed by atoms with E-state index in [0.717, 1.165) is 0 Å². The highest BCUT2D eigenvalue weighted by atomic mass is 19.1. The number of nitrogens with one attached hydrogen (secondary N) is 2. The fourth-order valence-corrected chi connectivity index (χ4v) is 1.86. The van der Waals surface area contributed by atoms with Gasteiger partial charge in [0.1, 0.15) is 17.4 Å². The maximum Gasteiger partial charge on any atom is 0.279 e. The Morgan fingerprint density at radius 2 is 1.71 bits per heavy atom. The molecule has 126 valence electrons. The fourth-order valence-electron chi connectivity index (χ4n) is 1.86. The van der Waals surface area contributed by atoms with Crippen LogP contribution in [0.15, 0.2) is 48.5 Å². The molecule has 0 heterocycles. The van der Waals surface area contributed by atoms with Crippen LogP contribution in [0.25, 0.3) is 0 Å². The Morgan fingerprint density at radius 1 is 1.04 bits per heavy atom. The van der Waals surface area contributed by atoms with Crippen LogP contribution in [0.5, 0.6) is 5.75 Å². The number of hydrogen-bond donors (Lipinski definition) is 2. The lowest BCUT2D eigenvalue weighted by atomic mass is 10.1. The Balaban J connectivity index is 1.80. The Labute approximate surface area is 137 Å². The van der Waals surface area contributed by atoms with Gasteiger partial charge in [-0.2, -0.15) is 0 Å². The van der Waals surface area contributed by atoms with Crippen LogP contribution in [0.2, 0.25) is 0 Å². The molecule has 0 fully saturated rings. The number of hydrazine groups is 1. The standard InChI is InChI=1S/C17H16F2N2O3/c1-11(24-14-8-6-13(18)7-9-14)17(23)21-20-16(22)10-12-4-2-3-5-15(12)19/h2-9,11H,10H2,1H3,(H,20,22)(H,21,23). The van der Waals surface area contributed by atoms with Gasteiger partial charge in [0.2, 0.25) is 5.91 Å². The van der Waals surface area contributed by atoms with Gasteiger partial charge in [0.05, 0.1) is 6.42 Å². The SMILES string of the molecule is CC(Oc1ccc(F)cc1)C(=O)NNC(=O)Cc1ccccc1F. The number of benzene rings is 2. The Kier molecular flexibility index (Phi) is 5.83. The lowest BCUT2D eigenvalue weighted by Gasteiger charge is -2.15.